The summed E-state index contributed by atoms with van der Waals surface area (Å²) in [6.45, 7) is 0. The Bertz CT molecular complexity index is 188. The zero-order valence-corrected chi connectivity index (χ0v) is 9.99. The van der Waals surface area contributed by atoms with Gasteiger partial charge in [0.25, 0.3) is 0 Å². The van der Waals surface area contributed by atoms with Gasteiger partial charge in [0.2, 0.25) is 0 Å². The Morgan fingerprint density at radius 2 is 2.11 bits per heavy atom. The molecule has 0 aliphatic rings. The Balaban J connectivity index is 4.22. The van der Waals surface area contributed by atoms with Crippen molar-refractivity contribution in [2.24, 2.45) is 3.50 Å². The Hall–Kier alpha value is 0.347. The summed E-state index contributed by atoms with van der Waals surface area (Å²) in [6, 6.07) is 0. The predicted molar refractivity (Wildman–Crippen MR) is 22.1 cm³/mol. The predicted octanol–water partition coefficient (Wildman–Crippen LogP) is -0.688. The minimum absolute atomic E-state index is 0.204. The van der Waals surface area contributed by atoms with Crippen molar-refractivity contribution in [1.82, 2.24) is 0 Å². The van der Waals surface area contributed by atoms with Gasteiger partial charge in [-0.2, -0.15) is 0 Å². The van der Waals surface area contributed by atoms with Gasteiger partial charge in [0.1, 0.15) is 0 Å². The van der Waals surface area contributed by atoms with Gasteiger partial charge in [0.15, 0.2) is 0 Å². The van der Waals surface area contributed by atoms with E-state index in [2.05, 4.69) is 3.50 Å². The summed E-state index contributed by atoms with van der Waals surface area (Å²) in [6.07, 6.45) is 0. The SMILES string of the molecule is N=C(C(=O)[N]=[W])[C](O)=[W]. The van der Waals surface area contributed by atoms with Gasteiger partial charge in [-0.1, -0.05) is 0 Å². The van der Waals surface area contributed by atoms with Crippen LogP contribution in [-0.4, -0.2) is 20.8 Å². The Morgan fingerprint density at radius 1 is 1.67 bits per heavy atom. The molecular weight excluding hydrogens is 464 g/mol. The van der Waals surface area contributed by atoms with Crippen molar-refractivity contribution in [3.63, 3.8) is 0 Å². The first-order valence-corrected chi connectivity index (χ1v) is 4.57. The standard InChI is InChI=1S/C3H2N2O2.2W/c4-2(1-6)3(5)7;;/h4,6H;;. The van der Waals surface area contributed by atoms with Crippen LogP contribution in [0.4, 0.5) is 0 Å². The maximum absolute atomic E-state index is 10.4. The van der Waals surface area contributed by atoms with E-state index in [1.807, 2.05) is 0 Å². The first-order chi connectivity index (χ1) is 4.09. The third-order valence-corrected chi connectivity index (χ3v) is 1.84. The van der Waals surface area contributed by atoms with Crippen LogP contribution in [-0.2, 0) is 43.8 Å². The van der Waals surface area contributed by atoms with Crippen molar-refractivity contribution in [3.05, 3.63) is 0 Å². The zero-order valence-electron chi connectivity index (χ0n) is 4.12. The number of nitrogens with one attached hydrogen (secondary N) is 1. The number of carbonyl (C=O) groups is 1. The third-order valence-electron chi connectivity index (χ3n) is 0.511. The summed E-state index contributed by atoms with van der Waals surface area (Å²) in [5.74, 6) is -0.641. The van der Waals surface area contributed by atoms with Gasteiger partial charge in [-0.25, -0.2) is 0 Å². The van der Waals surface area contributed by atoms with Crippen LogP contribution < -0.4 is 0 Å². The van der Waals surface area contributed by atoms with Crippen molar-refractivity contribution in [2.75, 3.05) is 0 Å². The van der Waals surface area contributed by atoms with Crippen LogP contribution in [0.3, 0.4) is 0 Å². The van der Waals surface area contributed by atoms with Gasteiger partial charge in [-0.05, 0) is 0 Å². The number of amides is 1. The van der Waals surface area contributed by atoms with E-state index in [1.165, 1.54) is 0 Å². The summed E-state index contributed by atoms with van der Waals surface area (Å²) in [7, 11) is 0. The van der Waals surface area contributed by atoms with Crippen LogP contribution in [0.5, 0.6) is 0 Å². The molecule has 0 fully saturated rings. The molecule has 48 valence electrons. The zero-order chi connectivity index (χ0) is 7.44. The summed E-state index contributed by atoms with van der Waals surface area (Å²) in [4.78, 5) is 10.4. The molecule has 4 nitrogen and oxygen atoms in total. The minimum atomic E-state index is -0.641. The fourth-order valence-corrected chi connectivity index (χ4v) is 0.779. The van der Waals surface area contributed by atoms with Gasteiger partial charge < -0.3 is 0 Å². The molecule has 0 spiro atoms. The molecule has 0 unspecified atom stereocenters. The molecule has 0 aliphatic heterocycles. The summed E-state index contributed by atoms with van der Waals surface area (Å²) >= 11 is 1.46. The topological polar surface area (TPSA) is 73.5 Å². The number of hydrogen-bond acceptors (Lipinski definition) is 3. The second-order valence-electron chi connectivity index (χ2n) is 1.08. The number of nitrogens with zero attached hydrogens (tertiary/aromatic N) is 1. The third kappa shape index (κ3) is 3.14. The molecule has 0 heterocycles. The van der Waals surface area contributed by atoms with E-state index in [0.717, 1.165) is 19.6 Å². The van der Waals surface area contributed by atoms with Crippen LogP contribution in [0.25, 0.3) is 0 Å². The van der Waals surface area contributed by atoms with Crippen LogP contribution in [0.1, 0.15) is 0 Å². The van der Waals surface area contributed by atoms with Gasteiger partial charge in [-0.3, -0.25) is 0 Å². The van der Waals surface area contributed by atoms with E-state index >= 15 is 0 Å². The molecule has 0 bridgehead atoms. The van der Waals surface area contributed by atoms with Crippen LogP contribution in [0.15, 0.2) is 3.50 Å². The molecule has 1 amide bonds. The van der Waals surface area contributed by atoms with Crippen molar-refractivity contribution in [1.29, 1.82) is 5.41 Å². The number of aliphatic hydroxyl groups is 1. The molecule has 0 aromatic carbocycles. The van der Waals surface area contributed by atoms with Crippen molar-refractivity contribution in [3.8, 4) is 0 Å². The average Bonchev–Trinajstić information content (AvgIpc) is 1.84. The molecule has 6 heteroatoms. The van der Waals surface area contributed by atoms with E-state index in [0.29, 0.717) is 19.4 Å². The molecule has 2 N–H and O–H groups in total. The molecule has 0 saturated heterocycles. The molecule has 0 aliphatic carbocycles. The quantitative estimate of drug-likeness (QED) is 0.530. The molecule has 0 saturated carbocycles. The van der Waals surface area contributed by atoms with Gasteiger partial charge in [0.05, 0.1) is 0 Å². The molecule has 0 aromatic heterocycles. The van der Waals surface area contributed by atoms with Gasteiger partial charge >= 0.3 is 73.5 Å². The number of aliphatic hydroxyl groups excluding tert-OH is 1. The van der Waals surface area contributed by atoms with Crippen LogP contribution >= 0.6 is 0 Å². The Kier molecular flexibility index (Phi) is 4.37. The molecular formula is C3H2N2O2W2. The molecule has 0 aromatic rings. The average molecular weight is 466 g/mol. The second-order valence-corrected chi connectivity index (χ2v) is 3.12. The number of carbonyl (C=O) groups excluding carboxylic acids is 1. The van der Waals surface area contributed by atoms with E-state index < -0.39 is 5.91 Å². The normalized spacial score (nSPS) is 8.11. The first-order valence-electron chi connectivity index (χ1n) is 1.79. The molecule has 0 radical (unpaired) electrons. The van der Waals surface area contributed by atoms with Crippen molar-refractivity contribution < 1.29 is 48.9 Å². The van der Waals surface area contributed by atoms with E-state index in [9.17, 15) is 4.79 Å². The summed E-state index contributed by atoms with van der Waals surface area (Å²) in [5, 5.41) is 15.4. The van der Waals surface area contributed by atoms with Crippen LogP contribution in [0.2, 0.25) is 0 Å². The Labute approximate surface area is 73.3 Å². The van der Waals surface area contributed by atoms with Gasteiger partial charge in [0, 0.05) is 0 Å². The van der Waals surface area contributed by atoms with E-state index in [-0.39, 0.29) is 9.80 Å². The molecule has 0 rings (SSSR count). The fourth-order valence-electron chi connectivity index (χ4n) is 0.137. The van der Waals surface area contributed by atoms with E-state index in [4.69, 9.17) is 10.5 Å². The second kappa shape index (κ2) is 4.21. The van der Waals surface area contributed by atoms with Crippen molar-refractivity contribution >= 4 is 15.7 Å². The number of rotatable bonds is 2. The monoisotopic (exact) mass is 466 g/mol. The first kappa shape index (κ1) is 9.35. The molecule has 9 heavy (non-hydrogen) atoms. The van der Waals surface area contributed by atoms with Gasteiger partial charge in [-0.15, -0.1) is 0 Å². The number of hydrogen-bond donors (Lipinski definition) is 2. The maximum atomic E-state index is 10.4. The van der Waals surface area contributed by atoms with E-state index in [1.54, 1.807) is 0 Å². The van der Waals surface area contributed by atoms with Crippen molar-refractivity contribution in [2.45, 2.75) is 0 Å². The Morgan fingerprint density at radius 3 is 2.22 bits per heavy atom. The fraction of sp³-hybridized carbons (Fsp3) is 0. The summed E-state index contributed by atoms with van der Waals surface area (Å²) in [5.41, 5.74) is -0.389. The van der Waals surface area contributed by atoms with Crippen LogP contribution in [0, 0.1) is 5.41 Å². The molecule has 0 atom stereocenters. The summed E-state index contributed by atoms with van der Waals surface area (Å²) < 4.78 is 3.06.